The number of hydrogen-bond donors (Lipinski definition) is 1. The summed E-state index contributed by atoms with van der Waals surface area (Å²) in [5.41, 5.74) is -1.14. The van der Waals surface area contributed by atoms with Crippen molar-refractivity contribution < 1.29 is 23.8 Å². The third-order valence-corrected chi connectivity index (χ3v) is 5.16. The van der Waals surface area contributed by atoms with Crippen LogP contribution in [-0.2, 0) is 9.47 Å². The van der Waals surface area contributed by atoms with Crippen LogP contribution >= 0.6 is 0 Å². The van der Waals surface area contributed by atoms with Crippen LogP contribution in [0.3, 0.4) is 0 Å². The monoisotopic (exact) mass is 378 g/mol. The Bertz CT molecular complexity index is 802. The van der Waals surface area contributed by atoms with Crippen molar-refractivity contribution >= 4 is 11.9 Å². The fraction of sp³-hybridized carbons (Fsp3) is 0.632. The van der Waals surface area contributed by atoms with Gasteiger partial charge in [0, 0.05) is 12.8 Å². The van der Waals surface area contributed by atoms with Gasteiger partial charge in [-0.3, -0.25) is 9.59 Å². The molecular formula is C19H26N2O6. The first kappa shape index (κ1) is 19.4. The molecule has 3 heterocycles. The highest BCUT2D eigenvalue weighted by atomic mass is 16.5. The number of hydrogen-bond acceptors (Lipinski definition) is 6. The van der Waals surface area contributed by atoms with Crippen molar-refractivity contribution in [1.29, 1.82) is 0 Å². The van der Waals surface area contributed by atoms with Gasteiger partial charge in [-0.25, -0.2) is 4.79 Å². The first-order valence-electron chi connectivity index (χ1n) is 9.42. The van der Waals surface area contributed by atoms with E-state index in [4.69, 9.17) is 14.2 Å². The lowest BCUT2D eigenvalue weighted by molar-refractivity contribution is -0.00773. The molecule has 0 spiro atoms. The molecule has 1 fully saturated rings. The molecule has 8 nitrogen and oxygen atoms in total. The van der Waals surface area contributed by atoms with Crippen LogP contribution in [0.1, 0.15) is 66.9 Å². The van der Waals surface area contributed by atoms with Gasteiger partial charge in [0.1, 0.15) is 5.56 Å². The summed E-state index contributed by atoms with van der Waals surface area (Å²) in [6.07, 6.45) is 3.66. The summed E-state index contributed by atoms with van der Waals surface area (Å²) in [6.45, 7) is 6.95. The number of fused-ring (bicyclic) bond motifs is 3. The lowest BCUT2D eigenvalue weighted by Crippen LogP contribution is -2.61. The van der Waals surface area contributed by atoms with Crippen molar-refractivity contribution in [3.8, 4) is 5.75 Å². The van der Waals surface area contributed by atoms with Gasteiger partial charge in [-0.2, -0.15) is 0 Å². The van der Waals surface area contributed by atoms with E-state index in [1.165, 1.54) is 6.20 Å². The van der Waals surface area contributed by atoms with Crippen LogP contribution in [0.15, 0.2) is 11.0 Å². The molecule has 3 rings (SSSR count). The van der Waals surface area contributed by atoms with E-state index in [2.05, 4.69) is 5.32 Å². The largest absolute Gasteiger partial charge is 0.487 e. The molecule has 8 heteroatoms. The normalized spacial score (nSPS) is 23.8. The fourth-order valence-electron chi connectivity index (χ4n) is 3.56. The number of carbonyl (C=O) groups is 2. The molecule has 2 atom stereocenters. The minimum absolute atomic E-state index is 0.0980. The molecule has 0 aliphatic carbocycles. The second-order valence-electron chi connectivity index (χ2n) is 7.09. The quantitative estimate of drug-likeness (QED) is 0.598. The number of nitrogens with zero attached hydrogens (tertiary/aromatic N) is 1. The summed E-state index contributed by atoms with van der Waals surface area (Å²) in [7, 11) is 0. The van der Waals surface area contributed by atoms with Crippen LogP contribution in [0.4, 0.5) is 0 Å². The molecule has 0 unspecified atom stereocenters. The zero-order chi connectivity index (χ0) is 19.6. The second-order valence-corrected chi connectivity index (χ2v) is 7.09. The fourth-order valence-corrected chi connectivity index (χ4v) is 3.56. The summed E-state index contributed by atoms with van der Waals surface area (Å²) in [5, 5.41) is 3.01. The Morgan fingerprint density at radius 2 is 2.19 bits per heavy atom. The lowest BCUT2D eigenvalue weighted by Gasteiger charge is -2.47. The van der Waals surface area contributed by atoms with Crippen LogP contribution in [0.2, 0.25) is 0 Å². The Kier molecular flexibility index (Phi) is 5.55. The van der Waals surface area contributed by atoms with E-state index in [1.54, 1.807) is 11.5 Å². The van der Waals surface area contributed by atoms with Gasteiger partial charge in [-0.05, 0) is 26.7 Å². The highest BCUT2D eigenvalue weighted by molar-refractivity contribution is 5.98. The predicted molar refractivity (Wildman–Crippen MR) is 97.4 cm³/mol. The predicted octanol–water partition coefficient (Wildman–Crippen LogP) is 1.67. The number of nitrogens with one attached hydrogen (secondary N) is 1. The molecule has 2 aliphatic rings. The maximum Gasteiger partial charge on any atom is 0.343 e. The van der Waals surface area contributed by atoms with Crippen molar-refractivity contribution in [1.82, 2.24) is 9.88 Å². The second kappa shape index (κ2) is 7.72. The topological polar surface area (TPSA) is 95.9 Å². The molecule has 1 amide bonds. The van der Waals surface area contributed by atoms with E-state index in [-0.39, 0.29) is 42.2 Å². The summed E-state index contributed by atoms with van der Waals surface area (Å²) >= 11 is 0. The van der Waals surface area contributed by atoms with Crippen LogP contribution in [0, 0.1) is 0 Å². The number of aromatic nitrogens is 1. The molecule has 0 bridgehead atoms. The molecule has 1 aromatic heterocycles. The van der Waals surface area contributed by atoms with Gasteiger partial charge in [0.15, 0.2) is 11.4 Å². The zero-order valence-electron chi connectivity index (χ0n) is 16.0. The molecule has 148 valence electrons. The Morgan fingerprint density at radius 1 is 1.41 bits per heavy atom. The number of unbranched alkanes of at least 4 members (excludes halogenated alkanes) is 1. The SMILES string of the molecule is CCCCOc1c2n(cc(C(=O)OCC)c1=O)[C@H]1COCC[C@@]1(C)NC2=O. The van der Waals surface area contributed by atoms with E-state index in [1.807, 2.05) is 13.8 Å². The third kappa shape index (κ3) is 3.45. The summed E-state index contributed by atoms with van der Waals surface area (Å²) in [4.78, 5) is 38.1. The van der Waals surface area contributed by atoms with Gasteiger partial charge in [-0.1, -0.05) is 13.3 Å². The molecule has 0 aromatic carbocycles. The number of pyridine rings is 1. The standard InChI is InChI=1S/C19H26N2O6/c1-4-6-8-27-16-14-17(23)20-19(3)7-9-25-11-13(19)21(14)10-12(15(16)22)18(24)26-5-2/h10,13H,4-9,11H2,1-3H3,(H,20,23)/t13-,19+/m0/s1. The van der Waals surface area contributed by atoms with Crippen molar-refractivity contribution in [2.45, 2.75) is 51.6 Å². The van der Waals surface area contributed by atoms with Gasteiger partial charge >= 0.3 is 5.97 Å². The maximum absolute atomic E-state index is 12.9. The zero-order valence-corrected chi connectivity index (χ0v) is 16.0. The minimum atomic E-state index is -0.720. The number of esters is 1. The summed E-state index contributed by atoms with van der Waals surface area (Å²) in [6, 6.07) is -0.249. The Hall–Kier alpha value is -2.35. The van der Waals surface area contributed by atoms with Gasteiger partial charge in [-0.15, -0.1) is 0 Å². The van der Waals surface area contributed by atoms with Crippen molar-refractivity contribution in [3.05, 3.63) is 27.7 Å². The van der Waals surface area contributed by atoms with E-state index in [0.29, 0.717) is 19.6 Å². The van der Waals surface area contributed by atoms with E-state index < -0.39 is 16.9 Å². The molecule has 2 aliphatic heterocycles. The first-order chi connectivity index (χ1) is 12.9. The summed E-state index contributed by atoms with van der Waals surface area (Å²) in [5.74, 6) is -1.20. The molecule has 1 N–H and O–H groups in total. The lowest BCUT2D eigenvalue weighted by atomic mass is 9.84. The Balaban J connectivity index is 2.17. The molecular weight excluding hydrogens is 352 g/mol. The highest BCUT2D eigenvalue weighted by Crippen LogP contribution is 2.37. The van der Waals surface area contributed by atoms with Gasteiger partial charge < -0.3 is 24.1 Å². The van der Waals surface area contributed by atoms with Crippen LogP contribution < -0.4 is 15.5 Å². The smallest absolute Gasteiger partial charge is 0.343 e. The van der Waals surface area contributed by atoms with Gasteiger partial charge in [0.25, 0.3) is 5.91 Å². The maximum atomic E-state index is 12.9. The molecule has 0 saturated carbocycles. The summed E-state index contributed by atoms with van der Waals surface area (Å²) < 4.78 is 18.0. The molecule has 0 radical (unpaired) electrons. The van der Waals surface area contributed by atoms with E-state index >= 15 is 0 Å². The Labute approximate surface area is 157 Å². The van der Waals surface area contributed by atoms with Crippen molar-refractivity contribution in [2.24, 2.45) is 0 Å². The Morgan fingerprint density at radius 3 is 2.89 bits per heavy atom. The minimum Gasteiger partial charge on any atom is -0.487 e. The van der Waals surface area contributed by atoms with Gasteiger partial charge in [0.2, 0.25) is 5.43 Å². The third-order valence-electron chi connectivity index (χ3n) is 5.16. The average molecular weight is 378 g/mol. The number of rotatable bonds is 6. The average Bonchev–Trinajstić information content (AvgIpc) is 2.62. The molecule has 1 saturated heterocycles. The first-order valence-corrected chi connectivity index (χ1v) is 9.42. The molecule has 1 aromatic rings. The van der Waals surface area contributed by atoms with Crippen molar-refractivity contribution in [3.63, 3.8) is 0 Å². The van der Waals surface area contributed by atoms with E-state index in [0.717, 1.165) is 12.8 Å². The number of ether oxygens (including phenoxy) is 3. The van der Waals surface area contributed by atoms with E-state index in [9.17, 15) is 14.4 Å². The highest BCUT2D eigenvalue weighted by Gasteiger charge is 2.46. The van der Waals surface area contributed by atoms with Crippen molar-refractivity contribution in [2.75, 3.05) is 26.4 Å². The van der Waals surface area contributed by atoms with Crippen LogP contribution in [-0.4, -0.2) is 48.4 Å². The van der Waals surface area contributed by atoms with Gasteiger partial charge in [0.05, 0.1) is 31.4 Å². The van der Waals surface area contributed by atoms with Crippen LogP contribution in [0.5, 0.6) is 5.75 Å². The molecule has 27 heavy (non-hydrogen) atoms. The van der Waals surface area contributed by atoms with Crippen LogP contribution in [0.25, 0.3) is 0 Å². The number of amides is 1. The number of carbonyl (C=O) groups excluding carboxylic acids is 2.